The number of hydrogen-bond acceptors (Lipinski definition) is 5. The molecule has 6 nitrogen and oxygen atoms in total. The second-order valence-electron chi connectivity index (χ2n) is 11.4. The first-order valence-electron chi connectivity index (χ1n) is 12.6. The molecule has 3 fully saturated rings. The van der Waals surface area contributed by atoms with Crippen LogP contribution in [-0.4, -0.2) is 45.3 Å². The number of esters is 1. The molecule has 0 amide bonds. The Labute approximate surface area is 200 Å². The van der Waals surface area contributed by atoms with Crippen molar-refractivity contribution in [2.75, 3.05) is 0 Å². The number of carbonyl (C=O) groups excluding carboxylic acids is 2. The third-order valence-electron chi connectivity index (χ3n) is 9.76. The molecular weight excluding hydrogens is 439 g/mol. The quantitative estimate of drug-likeness (QED) is 0.431. The molecule has 0 bridgehead atoms. The number of carboxylic acids is 1. The average molecular weight is 477 g/mol. The lowest BCUT2D eigenvalue weighted by molar-refractivity contribution is -0.234. The first-order valence-corrected chi connectivity index (χ1v) is 12.6. The summed E-state index contributed by atoms with van der Waals surface area (Å²) in [5.74, 6) is -3.50. The standard InChI is InChI=1S/C27H37FO6/c1-5-6-7-8-22(31)34-27(23(32)33)16(2)13-20-19-10-9-17-14-18(29)11-12-24(17,3)26(19,28)21(30)15-25(20,27)4/h11-12,14,16,19-21,30H,5-10,13,15H2,1-4H3,(H,32,33)/t16-,19-,20-,21-,24-,25-,26-,27-/m0/s1. The van der Waals surface area contributed by atoms with Crippen LogP contribution in [0.5, 0.6) is 0 Å². The number of carboxylic acid groups (broad SMARTS) is 1. The highest BCUT2D eigenvalue weighted by atomic mass is 19.1. The van der Waals surface area contributed by atoms with Crippen LogP contribution < -0.4 is 0 Å². The van der Waals surface area contributed by atoms with Gasteiger partial charge in [0.2, 0.25) is 5.60 Å². The summed E-state index contributed by atoms with van der Waals surface area (Å²) in [5.41, 5.74) is -5.45. The summed E-state index contributed by atoms with van der Waals surface area (Å²) >= 11 is 0. The van der Waals surface area contributed by atoms with Gasteiger partial charge in [-0.15, -0.1) is 0 Å². The number of halogens is 1. The van der Waals surface area contributed by atoms with E-state index in [4.69, 9.17) is 4.74 Å². The first kappa shape index (κ1) is 25.1. The monoisotopic (exact) mass is 476 g/mol. The Balaban J connectivity index is 1.74. The molecule has 188 valence electrons. The van der Waals surface area contributed by atoms with Crippen LogP contribution in [0, 0.1) is 28.6 Å². The van der Waals surface area contributed by atoms with Crippen molar-refractivity contribution in [1.29, 1.82) is 0 Å². The van der Waals surface area contributed by atoms with Crippen LogP contribution in [0.4, 0.5) is 4.39 Å². The minimum Gasteiger partial charge on any atom is -0.478 e. The van der Waals surface area contributed by atoms with Crippen molar-refractivity contribution in [3.05, 3.63) is 23.8 Å². The molecular formula is C27H37FO6. The Kier molecular flexibility index (Phi) is 6.11. The number of alkyl halides is 1. The molecule has 0 unspecified atom stereocenters. The number of allylic oxidation sites excluding steroid dienone is 4. The van der Waals surface area contributed by atoms with Crippen molar-refractivity contribution in [3.8, 4) is 0 Å². The molecule has 7 heteroatoms. The van der Waals surface area contributed by atoms with Crippen LogP contribution in [0.15, 0.2) is 23.8 Å². The third-order valence-corrected chi connectivity index (χ3v) is 9.76. The van der Waals surface area contributed by atoms with Gasteiger partial charge in [-0.1, -0.05) is 45.3 Å². The highest BCUT2D eigenvalue weighted by Gasteiger charge is 2.77. The zero-order chi connectivity index (χ0) is 25.1. The maximum absolute atomic E-state index is 17.2. The number of hydrogen-bond donors (Lipinski definition) is 2. The summed E-state index contributed by atoms with van der Waals surface area (Å²) in [6.07, 6.45) is 6.68. The van der Waals surface area contributed by atoms with Crippen molar-refractivity contribution in [2.45, 2.75) is 96.4 Å². The van der Waals surface area contributed by atoms with Gasteiger partial charge in [-0.3, -0.25) is 9.59 Å². The van der Waals surface area contributed by atoms with E-state index in [9.17, 15) is 24.6 Å². The van der Waals surface area contributed by atoms with E-state index in [1.807, 2.05) is 6.92 Å². The number of aliphatic hydroxyl groups excluding tert-OH is 1. The van der Waals surface area contributed by atoms with E-state index < -0.39 is 52.0 Å². The fourth-order valence-electron chi connectivity index (χ4n) is 8.00. The fraction of sp³-hybridized carbons (Fsp3) is 0.741. The van der Waals surface area contributed by atoms with Crippen LogP contribution in [-0.2, 0) is 19.1 Å². The highest BCUT2D eigenvalue weighted by Crippen LogP contribution is 2.71. The van der Waals surface area contributed by atoms with E-state index in [1.54, 1.807) is 26.8 Å². The fourth-order valence-corrected chi connectivity index (χ4v) is 8.00. The van der Waals surface area contributed by atoms with E-state index in [0.717, 1.165) is 12.8 Å². The van der Waals surface area contributed by atoms with E-state index in [0.29, 0.717) is 31.3 Å². The number of unbranched alkanes of at least 4 members (excludes halogenated alkanes) is 2. The van der Waals surface area contributed by atoms with Crippen molar-refractivity contribution < 1.29 is 33.7 Å². The lowest BCUT2D eigenvalue weighted by Crippen LogP contribution is -2.69. The summed E-state index contributed by atoms with van der Waals surface area (Å²) in [4.78, 5) is 37.6. The van der Waals surface area contributed by atoms with Crippen LogP contribution in [0.25, 0.3) is 0 Å². The van der Waals surface area contributed by atoms with Gasteiger partial charge in [0.05, 0.1) is 6.10 Å². The highest BCUT2D eigenvalue weighted by molar-refractivity contribution is 6.01. The second kappa shape index (κ2) is 8.28. The van der Waals surface area contributed by atoms with Crippen molar-refractivity contribution >= 4 is 17.7 Å². The summed E-state index contributed by atoms with van der Waals surface area (Å²) < 4.78 is 23.1. The van der Waals surface area contributed by atoms with Crippen molar-refractivity contribution in [3.63, 3.8) is 0 Å². The van der Waals surface area contributed by atoms with E-state index in [-0.39, 0.29) is 24.5 Å². The van der Waals surface area contributed by atoms with Gasteiger partial charge in [-0.2, -0.15) is 0 Å². The summed E-state index contributed by atoms with van der Waals surface area (Å²) in [5, 5.41) is 21.9. The Bertz CT molecular complexity index is 957. The molecule has 0 aromatic rings. The summed E-state index contributed by atoms with van der Waals surface area (Å²) in [7, 11) is 0. The molecule has 8 atom stereocenters. The Morgan fingerprint density at radius 2 is 1.94 bits per heavy atom. The van der Waals surface area contributed by atoms with Crippen molar-refractivity contribution in [2.24, 2.45) is 28.6 Å². The summed E-state index contributed by atoms with van der Waals surface area (Å²) in [6, 6.07) is 0. The molecule has 0 spiro atoms. The minimum atomic E-state index is -2.04. The molecule has 0 aromatic carbocycles. The molecule has 0 aromatic heterocycles. The molecule has 34 heavy (non-hydrogen) atoms. The maximum Gasteiger partial charge on any atom is 0.349 e. The first-order chi connectivity index (χ1) is 15.9. The maximum atomic E-state index is 17.2. The van der Waals surface area contributed by atoms with Gasteiger partial charge in [0.1, 0.15) is 0 Å². The topological polar surface area (TPSA) is 101 Å². The van der Waals surface area contributed by atoms with Gasteiger partial charge < -0.3 is 14.9 Å². The van der Waals surface area contributed by atoms with Gasteiger partial charge in [0.15, 0.2) is 11.5 Å². The third kappa shape index (κ3) is 3.11. The molecule has 2 N–H and O–H groups in total. The molecule has 0 aliphatic heterocycles. The molecule has 0 saturated heterocycles. The predicted octanol–water partition coefficient (Wildman–Crippen LogP) is 4.55. The van der Waals surface area contributed by atoms with E-state index in [2.05, 4.69) is 0 Å². The van der Waals surface area contributed by atoms with E-state index in [1.165, 1.54) is 12.2 Å². The van der Waals surface area contributed by atoms with Crippen molar-refractivity contribution in [1.82, 2.24) is 0 Å². The second-order valence-corrected chi connectivity index (χ2v) is 11.4. The number of rotatable bonds is 6. The SMILES string of the molecule is CCCCCC(=O)O[C@]1(C(=O)O)[C@@H](C)C[C@H]2[C@@H]3CCC4=CC(=O)C=C[C@]4(C)[C@@]3(F)[C@@H](O)C[C@@]21C. The average Bonchev–Trinajstić information content (AvgIpc) is 2.97. The largest absolute Gasteiger partial charge is 0.478 e. The lowest BCUT2D eigenvalue weighted by atomic mass is 9.44. The molecule has 0 heterocycles. The van der Waals surface area contributed by atoms with Gasteiger partial charge in [0, 0.05) is 29.1 Å². The molecule has 4 aliphatic rings. The number of fused-ring (bicyclic) bond motifs is 5. The normalized spacial score (nSPS) is 45.1. The molecule has 3 saturated carbocycles. The number of aliphatic hydroxyl groups is 1. The lowest BCUT2D eigenvalue weighted by Gasteiger charge is -2.62. The van der Waals surface area contributed by atoms with Gasteiger partial charge in [-0.05, 0) is 57.1 Å². The van der Waals surface area contributed by atoms with Gasteiger partial charge in [0.25, 0.3) is 0 Å². The Hall–Kier alpha value is -2.02. The molecule has 4 rings (SSSR count). The van der Waals surface area contributed by atoms with E-state index >= 15 is 4.39 Å². The van der Waals surface area contributed by atoms with Crippen LogP contribution >= 0.6 is 0 Å². The number of aliphatic carboxylic acids is 1. The van der Waals surface area contributed by atoms with Gasteiger partial charge >= 0.3 is 11.9 Å². The smallest absolute Gasteiger partial charge is 0.349 e. The van der Waals surface area contributed by atoms with Gasteiger partial charge in [-0.25, -0.2) is 9.18 Å². The van der Waals surface area contributed by atoms with Crippen LogP contribution in [0.2, 0.25) is 0 Å². The number of carbonyl (C=O) groups is 3. The Morgan fingerprint density at radius 1 is 1.24 bits per heavy atom. The predicted molar refractivity (Wildman–Crippen MR) is 124 cm³/mol. The Morgan fingerprint density at radius 3 is 2.59 bits per heavy atom. The number of ether oxygens (including phenoxy) is 1. The van der Waals surface area contributed by atoms with Crippen LogP contribution in [0.3, 0.4) is 0 Å². The molecule has 4 aliphatic carbocycles. The number of ketones is 1. The summed E-state index contributed by atoms with van der Waals surface area (Å²) in [6.45, 7) is 7.27. The zero-order valence-electron chi connectivity index (χ0n) is 20.6. The van der Waals surface area contributed by atoms with Crippen LogP contribution in [0.1, 0.15) is 79.1 Å². The minimum absolute atomic E-state index is 0.131. The zero-order valence-corrected chi connectivity index (χ0v) is 20.6. The molecule has 0 radical (unpaired) electrons.